The van der Waals surface area contributed by atoms with Gasteiger partial charge in [0.05, 0.1) is 0 Å². The summed E-state index contributed by atoms with van der Waals surface area (Å²) in [5.74, 6) is -0.456. The van der Waals surface area contributed by atoms with Crippen molar-refractivity contribution in [3.8, 4) is 0 Å². The van der Waals surface area contributed by atoms with Crippen molar-refractivity contribution in [1.82, 2.24) is 9.80 Å². The molecule has 1 aromatic carbocycles. The van der Waals surface area contributed by atoms with Gasteiger partial charge in [-0.25, -0.2) is 4.39 Å². The minimum Gasteiger partial charge on any atom is -0.336 e. The van der Waals surface area contributed by atoms with Crippen LogP contribution in [0.15, 0.2) is 23.1 Å². The Morgan fingerprint density at radius 1 is 1.32 bits per heavy atom. The van der Waals surface area contributed by atoms with Crippen LogP contribution in [0.25, 0.3) is 0 Å². The normalized spacial score (nSPS) is 24.6. The van der Waals surface area contributed by atoms with Gasteiger partial charge >= 0.3 is 0 Å². The van der Waals surface area contributed by atoms with E-state index < -0.39 is 5.82 Å². The second kappa shape index (κ2) is 5.51. The SMILES string of the molecule is CC1CN(C(=O)c2ccc(F)c(S)c2)CC(C)N1C. The molecule has 3 nitrogen and oxygen atoms in total. The van der Waals surface area contributed by atoms with Gasteiger partial charge in [0.1, 0.15) is 5.82 Å². The molecular weight excluding hydrogens is 263 g/mol. The van der Waals surface area contributed by atoms with Crippen LogP contribution in [-0.2, 0) is 0 Å². The third-order valence-corrected chi connectivity index (χ3v) is 4.18. The van der Waals surface area contributed by atoms with E-state index in [1.807, 2.05) is 4.90 Å². The third-order valence-electron chi connectivity index (χ3n) is 3.84. The summed E-state index contributed by atoms with van der Waals surface area (Å²) in [5, 5.41) is 0. The second-order valence-electron chi connectivity index (χ2n) is 5.24. The number of benzene rings is 1. The molecule has 0 radical (unpaired) electrons. The summed E-state index contributed by atoms with van der Waals surface area (Å²) in [4.78, 5) is 16.7. The van der Waals surface area contributed by atoms with Gasteiger partial charge in [-0.2, -0.15) is 0 Å². The van der Waals surface area contributed by atoms with E-state index >= 15 is 0 Å². The van der Waals surface area contributed by atoms with Crippen LogP contribution in [0.3, 0.4) is 0 Å². The van der Waals surface area contributed by atoms with Crippen molar-refractivity contribution >= 4 is 18.5 Å². The predicted octanol–water partition coefficient (Wildman–Crippen LogP) is 2.28. The van der Waals surface area contributed by atoms with Crippen molar-refractivity contribution in [3.63, 3.8) is 0 Å². The maximum atomic E-state index is 13.2. The lowest BCUT2D eigenvalue weighted by Gasteiger charge is -2.42. The minimum atomic E-state index is -0.403. The molecule has 0 N–H and O–H groups in total. The molecular formula is C14H19FN2OS. The number of carbonyl (C=O) groups is 1. The highest BCUT2D eigenvalue weighted by Crippen LogP contribution is 2.19. The zero-order chi connectivity index (χ0) is 14.2. The highest BCUT2D eigenvalue weighted by atomic mass is 32.1. The number of rotatable bonds is 1. The number of nitrogens with zero attached hydrogens (tertiary/aromatic N) is 2. The maximum Gasteiger partial charge on any atom is 0.254 e. The first-order chi connectivity index (χ1) is 8.90. The van der Waals surface area contributed by atoms with Gasteiger partial charge in [0, 0.05) is 35.6 Å². The topological polar surface area (TPSA) is 23.6 Å². The van der Waals surface area contributed by atoms with E-state index in [2.05, 4.69) is 38.4 Å². The average Bonchev–Trinajstić information content (AvgIpc) is 2.37. The van der Waals surface area contributed by atoms with Gasteiger partial charge in [0.2, 0.25) is 0 Å². The fourth-order valence-electron chi connectivity index (χ4n) is 2.40. The molecule has 0 spiro atoms. The molecule has 2 atom stereocenters. The van der Waals surface area contributed by atoms with Crippen LogP contribution in [-0.4, -0.2) is 47.9 Å². The molecule has 2 rings (SSSR count). The summed E-state index contributed by atoms with van der Waals surface area (Å²) < 4.78 is 13.2. The lowest BCUT2D eigenvalue weighted by atomic mass is 10.1. The monoisotopic (exact) mass is 282 g/mol. The van der Waals surface area contributed by atoms with E-state index in [1.165, 1.54) is 18.2 Å². The molecule has 5 heteroatoms. The highest BCUT2D eigenvalue weighted by molar-refractivity contribution is 7.80. The van der Waals surface area contributed by atoms with Crippen LogP contribution in [0.1, 0.15) is 24.2 Å². The number of carbonyl (C=O) groups excluding carboxylic acids is 1. The Balaban J connectivity index is 2.17. The van der Waals surface area contributed by atoms with E-state index in [-0.39, 0.29) is 10.8 Å². The molecule has 0 saturated carbocycles. The lowest BCUT2D eigenvalue weighted by Crippen LogP contribution is -2.56. The van der Waals surface area contributed by atoms with E-state index in [1.54, 1.807) is 0 Å². The summed E-state index contributed by atoms with van der Waals surface area (Å²) in [6, 6.07) is 4.95. The molecule has 1 aliphatic rings. The zero-order valence-corrected chi connectivity index (χ0v) is 12.3. The fourth-order valence-corrected chi connectivity index (χ4v) is 2.61. The number of halogens is 1. The zero-order valence-electron chi connectivity index (χ0n) is 11.4. The standard InChI is InChI=1S/C14H19FN2OS/c1-9-7-17(8-10(2)16(9)3)14(18)11-4-5-12(15)13(19)6-11/h4-6,9-10,19H,7-8H2,1-3H3. The smallest absolute Gasteiger partial charge is 0.254 e. The summed E-state index contributed by atoms with van der Waals surface area (Å²) in [6.45, 7) is 5.59. The molecule has 104 valence electrons. The van der Waals surface area contributed by atoms with Crippen LogP contribution < -0.4 is 0 Å². The highest BCUT2D eigenvalue weighted by Gasteiger charge is 2.29. The van der Waals surface area contributed by atoms with Gasteiger partial charge in [-0.3, -0.25) is 9.69 Å². The molecule has 1 saturated heterocycles. The Hall–Kier alpha value is -1.07. The molecule has 0 bridgehead atoms. The molecule has 1 fully saturated rings. The summed E-state index contributed by atoms with van der Waals surface area (Å²) in [5.41, 5.74) is 0.496. The van der Waals surface area contributed by atoms with Crippen molar-refractivity contribution in [1.29, 1.82) is 0 Å². The molecule has 1 aliphatic heterocycles. The van der Waals surface area contributed by atoms with Gasteiger partial charge in [-0.05, 0) is 39.1 Å². The van der Waals surface area contributed by atoms with Crippen LogP contribution in [0, 0.1) is 5.82 Å². The molecule has 1 heterocycles. The van der Waals surface area contributed by atoms with E-state index in [4.69, 9.17) is 0 Å². The molecule has 0 aromatic heterocycles. The summed E-state index contributed by atoms with van der Waals surface area (Å²) in [7, 11) is 2.07. The summed E-state index contributed by atoms with van der Waals surface area (Å²) >= 11 is 4.02. The molecule has 2 unspecified atom stereocenters. The van der Waals surface area contributed by atoms with Crippen molar-refractivity contribution in [2.24, 2.45) is 0 Å². The van der Waals surface area contributed by atoms with Gasteiger partial charge in [-0.15, -0.1) is 12.6 Å². The largest absolute Gasteiger partial charge is 0.336 e. The fraction of sp³-hybridized carbons (Fsp3) is 0.500. The number of thiol groups is 1. The van der Waals surface area contributed by atoms with Gasteiger partial charge < -0.3 is 4.90 Å². The Kier molecular flexibility index (Phi) is 4.16. The van der Waals surface area contributed by atoms with E-state index in [0.29, 0.717) is 30.7 Å². The number of likely N-dealkylation sites (N-methyl/N-ethyl adjacent to an activating group) is 1. The van der Waals surface area contributed by atoms with Gasteiger partial charge in [-0.1, -0.05) is 0 Å². The number of hydrogen-bond donors (Lipinski definition) is 1. The van der Waals surface area contributed by atoms with Crippen LogP contribution in [0.2, 0.25) is 0 Å². The van der Waals surface area contributed by atoms with Crippen molar-refractivity contribution in [3.05, 3.63) is 29.6 Å². The van der Waals surface area contributed by atoms with Crippen molar-refractivity contribution < 1.29 is 9.18 Å². The molecule has 19 heavy (non-hydrogen) atoms. The quantitative estimate of drug-likeness (QED) is 0.799. The first-order valence-electron chi connectivity index (χ1n) is 6.40. The number of amides is 1. The van der Waals surface area contributed by atoms with E-state index in [9.17, 15) is 9.18 Å². The molecule has 1 aromatic rings. The molecule has 0 aliphatic carbocycles. The lowest BCUT2D eigenvalue weighted by molar-refractivity contribution is 0.0414. The first-order valence-corrected chi connectivity index (χ1v) is 6.84. The Bertz CT molecular complexity index is 482. The minimum absolute atomic E-state index is 0.0536. The summed E-state index contributed by atoms with van der Waals surface area (Å²) in [6.07, 6.45) is 0. The van der Waals surface area contributed by atoms with Gasteiger partial charge in [0.25, 0.3) is 5.91 Å². The van der Waals surface area contributed by atoms with Crippen molar-refractivity contribution in [2.75, 3.05) is 20.1 Å². The van der Waals surface area contributed by atoms with Crippen LogP contribution in [0.4, 0.5) is 4.39 Å². The van der Waals surface area contributed by atoms with Crippen LogP contribution in [0.5, 0.6) is 0 Å². The molecule has 1 amide bonds. The number of hydrogen-bond acceptors (Lipinski definition) is 3. The average molecular weight is 282 g/mol. The predicted molar refractivity (Wildman–Crippen MR) is 76.2 cm³/mol. The maximum absolute atomic E-state index is 13.2. The Labute approximate surface area is 118 Å². The Morgan fingerprint density at radius 2 is 1.89 bits per heavy atom. The Morgan fingerprint density at radius 3 is 2.42 bits per heavy atom. The first kappa shape index (κ1) is 14.3. The second-order valence-corrected chi connectivity index (χ2v) is 5.72. The van der Waals surface area contributed by atoms with Gasteiger partial charge in [0.15, 0.2) is 0 Å². The van der Waals surface area contributed by atoms with Crippen molar-refractivity contribution in [2.45, 2.75) is 30.8 Å². The van der Waals surface area contributed by atoms with Crippen LogP contribution >= 0.6 is 12.6 Å². The third kappa shape index (κ3) is 2.92. The number of piperazine rings is 1. The van der Waals surface area contributed by atoms with E-state index in [0.717, 1.165) is 0 Å².